The lowest BCUT2D eigenvalue weighted by Gasteiger charge is -2.12. The second-order valence-electron chi connectivity index (χ2n) is 2.90. The minimum Gasteiger partial charge on any atom is -0.378 e. The first-order valence-electron chi connectivity index (χ1n) is 3.94. The molecule has 0 bridgehead atoms. The number of aromatic nitrogens is 2. The quantitative estimate of drug-likeness (QED) is 0.628. The van der Waals surface area contributed by atoms with Gasteiger partial charge in [-0.1, -0.05) is 11.6 Å². The zero-order valence-electron chi connectivity index (χ0n) is 8.21. The number of rotatable bonds is 3. The van der Waals surface area contributed by atoms with Crippen molar-refractivity contribution in [3.8, 4) is 0 Å². The monoisotopic (exact) mass is 327 g/mol. The molecule has 0 spiro atoms. The van der Waals surface area contributed by atoms with Gasteiger partial charge in [-0.25, -0.2) is 4.98 Å². The molecule has 1 rings (SSSR count). The first-order chi connectivity index (χ1) is 6.56. The predicted molar refractivity (Wildman–Crippen MR) is 64.8 cm³/mol. The van der Waals surface area contributed by atoms with E-state index in [0.717, 1.165) is 9.26 Å². The SMILES string of the molecule is COCc1nc(N(C)C)nc(Cl)c1I. The fourth-order valence-electron chi connectivity index (χ4n) is 0.883. The molecular weight excluding hydrogens is 316 g/mol. The Morgan fingerprint density at radius 1 is 1.43 bits per heavy atom. The molecule has 0 radical (unpaired) electrons. The summed E-state index contributed by atoms with van der Waals surface area (Å²) in [5.74, 6) is 0.600. The van der Waals surface area contributed by atoms with E-state index in [2.05, 4.69) is 32.6 Å². The number of methoxy groups -OCH3 is 1. The van der Waals surface area contributed by atoms with E-state index in [1.165, 1.54) is 0 Å². The van der Waals surface area contributed by atoms with Crippen LogP contribution in [0.5, 0.6) is 0 Å². The highest BCUT2D eigenvalue weighted by molar-refractivity contribution is 14.1. The smallest absolute Gasteiger partial charge is 0.226 e. The number of ether oxygens (including phenoxy) is 1. The summed E-state index contributed by atoms with van der Waals surface area (Å²) in [5.41, 5.74) is 0.816. The molecule has 1 heterocycles. The third kappa shape index (κ3) is 2.68. The van der Waals surface area contributed by atoms with Gasteiger partial charge in [-0.05, 0) is 22.6 Å². The van der Waals surface area contributed by atoms with E-state index in [1.54, 1.807) is 12.0 Å². The van der Waals surface area contributed by atoms with Crippen LogP contribution < -0.4 is 4.90 Å². The standard InChI is InChI=1S/C8H11ClIN3O/c1-13(2)8-11-5(4-14-3)6(10)7(9)12-8/h4H2,1-3H3. The summed E-state index contributed by atoms with van der Waals surface area (Å²) in [5, 5.41) is 0.469. The molecule has 4 nitrogen and oxygen atoms in total. The highest BCUT2D eigenvalue weighted by atomic mass is 127. The van der Waals surface area contributed by atoms with E-state index in [-0.39, 0.29) is 0 Å². The lowest BCUT2D eigenvalue weighted by Crippen LogP contribution is -2.15. The predicted octanol–water partition coefficient (Wildman–Crippen LogP) is 1.95. The maximum Gasteiger partial charge on any atom is 0.226 e. The number of nitrogens with zero attached hydrogens (tertiary/aromatic N) is 3. The van der Waals surface area contributed by atoms with Gasteiger partial charge in [0.15, 0.2) is 0 Å². The summed E-state index contributed by atoms with van der Waals surface area (Å²) in [4.78, 5) is 10.3. The average Bonchev–Trinajstić information content (AvgIpc) is 2.12. The molecule has 0 aliphatic heterocycles. The molecule has 78 valence electrons. The van der Waals surface area contributed by atoms with Crippen molar-refractivity contribution < 1.29 is 4.74 Å². The van der Waals surface area contributed by atoms with Gasteiger partial charge < -0.3 is 9.64 Å². The molecule has 0 saturated heterocycles. The van der Waals surface area contributed by atoms with Gasteiger partial charge in [0.25, 0.3) is 0 Å². The number of halogens is 2. The van der Waals surface area contributed by atoms with Crippen molar-refractivity contribution in [1.82, 2.24) is 9.97 Å². The molecule has 0 N–H and O–H groups in total. The maximum absolute atomic E-state index is 5.96. The molecule has 14 heavy (non-hydrogen) atoms. The lowest BCUT2D eigenvalue weighted by atomic mass is 10.4. The van der Waals surface area contributed by atoms with E-state index < -0.39 is 0 Å². The first kappa shape index (κ1) is 11.9. The van der Waals surface area contributed by atoms with Gasteiger partial charge in [0.1, 0.15) is 5.15 Å². The van der Waals surface area contributed by atoms with Crippen LogP contribution in [0.1, 0.15) is 5.69 Å². The molecular formula is C8H11ClIN3O. The molecule has 1 aromatic rings. The van der Waals surface area contributed by atoms with Crippen molar-refractivity contribution in [1.29, 1.82) is 0 Å². The van der Waals surface area contributed by atoms with Crippen molar-refractivity contribution in [3.05, 3.63) is 14.4 Å². The minimum absolute atomic E-state index is 0.446. The molecule has 0 saturated carbocycles. The Kier molecular flexibility index (Phi) is 4.33. The van der Waals surface area contributed by atoms with Crippen molar-refractivity contribution in [2.75, 3.05) is 26.1 Å². The average molecular weight is 328 g/mol. The van der Waals surface area contributed by atoms with E-state index in [4.69, 9.17) is 16.3 Å². The van der Waals surface area contributed by atoms with E-state index in [9.17, 15) is 0 Å². The molecule has 1 aromatic heterocycles. The van der Waals surface area contributed by atoms with Gasteiger partial charge in [-0.2, -0.15) is 4.98 Å². The van der Waals surface area contributed by atoms with Gasteiger partial charge in [0.2, 0.25) is 5.95 Å². The third-order valence-electron chi connectivity index (χ3n) is 1.55. The fourth-order valence-corrected chi connectivity index (χ4v) is 1.46. The van der Waals surface area contributed by atoms with Crippen LogP contribution in [0.2, 0.25) is 5.15 Å². The number of hydrogen-bond acceptors (Lipinski definition) is 4. The Balaban J connectivity index is 3.14. The number of anilines is 1. The molecule has 0 unspecified atom stereocenters. The molecule has 0 atom stereocenters. The van der Waals surface area contributed by atoms with Crippen LogP contribution in [0.3, 0.4) is 0 Å². The Hall–Kier alpha value is -0.140. The summed E-state index contributed by atoms with van der Waals surface area (Å²) in [6.07, 6.45) is 0. The molecule has 0 aromatic carbocycles. The van der Waals surface area contributed by atoms with Gasteiger partial charge in [-0.3, -0.25) is 0 Å². The highest BCUT2D eigenvalue weighted by Gasteiger charge is 2.11. The Bertz CT molecular complexity index is 333. The Morgan fingerprint density at radius 3 is 2.57 bits per heavy atom. The van der Waals surface area contributed by atoms with Crippen molar-refractivity contribution in [2.45, 2.75) is 6.61 Å². The van der Waals surface area contributed by atoms with Gasteiger partial charge in [-0.15, -0.1) is 0 Å². The number of hydrogen-bond donors (Lipinski definition) is 0. The third-order valence-corrected chi connectivity index (χ3v) is 3.27. The zero-order chi connectivity index (χ0) is 10.7. The van der Waals surface area contributed by atoms with E-state index in [1.807, 2.05) is 14.1 Å². The molecule has 0 amide bonds. The van der Waals surface area contributed by atoms with Crippen LogP contribution in [0.4, 0.5) is 5.95 Å². The summed E-state index contributed by atoms with van der Waals surface area (Å²) in [6.45, 7) is 0.446. The summed E-state index contributed by atoms with van der Waals surface area (Å²) in [7, 11) is 5.37. The minimum atomic E-state index is 0.446. The second-order valence-corrected chi connectivity index (χ2v) is 4.34. The zero-order valence-corrected chi connectivity index (χ0v) is 11.1. The van der Waals surface area contributed by atoms with Gasteiger partial charge >= 0.3 is 0 Å². The Labute approximate surface area is 102 Å². The summed E-state index contributed by atoms with van der Waals surface area (Å²) < 4.78 is 5.87. The first-order valence-corrected chi connectivity index (χ1v) is 5.40. The van der Waals surface area contributed by atoms with E-state index in [0.29, 0.717) is 17.7 Å². The van der Waals surface area contributed by atoms with Crippen LogP contribution in [0.15, 0.2) is 0 Å². The summed E-state index contributed by atoms with van der Waals surface area (Å²) in [6, 6.07) is 0. The van der Waals surface area contributed by atoms with Crippen molar-refractivity contribution >= 4 is 40.1 Å². The van der Waals surface area contributed by atoms with Crippen LogP contribution in [0.25, 0.3) is 0 Å². The fraction of sp³-hybridized carbons (Fsp3) is 0.500. The van der Waals surface area contributed by atoms with Crippen LogP contribution in [-0.2, 0) is 11.3 Å². The molecule has 0 aliphatic rings. The van der Waals surface area contributed by atoms with Gasteiger partial charge in [0, 0.05) is 21.2 Å². The Morgan fingerprint density at radius 2 is 2.07 bits per heavy atom. The highest BCUT2D eigenvalue weighted by Crippen LogP contribution is 2.22. The summed E-state index contributed by atoms with van der Waals surface area (Å²) >= 11 is 8.07. The molecule has 6 heteroatoms. The second kappa shape index (κ2) is 5.09. The molecule has 0 fully saturated rings. The van der Waals surface area contributed by atoms with E-state index >= 15 is 0 Å². The maximum atomic E-state index is 5.96. The van der Waals surface area contributed by atoms with Crippen LogP contribution >= 0.6 is 34.2 Å². The topological polar surface area (TPSA) is 38.2 Å². The largest absolute Gasteiger partial charge is 0.378 e. The molecule has 0 aliphatic carbocycles. The van der Waals surface area contributed by atoms with Crippen molar-refractivity contribution in [3.63, 3.8) is 0 Å². The normalized spacial score (nSPS) is 10.4. The van der Waals surface area contributed by atoms with Crippen molar-refractivity contribution in [2.24, 2.45) is 0 Å². The van der Waals surface area contributed by atoms with Crippen LogP contribution in [-0.4, -0.2) is 31.2 Å². The van der Waals surface area contributed by atoms with Gasteiger partial charge in [0.05, 0.1) is 15.9 Å². The van der Waals surface area contributed by atoms with Crippen LogP contribution in [0, 0.1) is 3.57 Å². The lowest BCUT2D eigenvalue weighted by molar-refractivity contribution is 0.181.